The van der Waals surface area contributed by atoms with Gasteiger partial charge in [0, 0.05) is 13.0 Å². The summed E-state index contributed by atoms with van der Waals surface area (Å²) < 4.78 is 22.7. The van der Waals surface area contributed by atoms with E-state index in [1.807, 2.05) is 0 Å². The van der Waals surface area contributed by atoms with Gasteiger partial charge in [-0.3, -0.25) is 9.59 Å². The summed E-state index contributed by atoms with van der Waals surface area (Å²) >= 11 is 0. The minimum absolute atomic E-state index is 0.163. The number of esters is 1. The van der Waals surface area contributed by atoms with Gasteiger partial charge >= 0.3 is 5.97 Å². The van der Waals surface area contributed by atoms with E-state index in [2.05, 4.69) is 5.32 Å². The van der Waals surface area contributed by atoms with Gasteiger partial charge in [0.25, 0.3) is 5.91 Å². The first-order chi connectivity index (χ1) is 11.1. The van der Waals surface area contributed by atoms with Crippen LogP contribution in [0.1, 0.15) is 17.7 Å². The smallest absolute Gasteiger partial charge is 0.306 e. The van der Waals surface area contributed by atoms with Gasteiger partial charge < -0.3 is 14.5 Å². The third-order valence-corrected chi connectivity index (χ3v) is 3.17. The van der Waals surface area contributed by atoms with Crippen LogP contribution < -0.4 is 5.32 Å². The summed E-state index contributed by atoms with van der Waals surface area (Å²) in [7, 11) is 0. The van der Waals surface area contributed by atoms with Crippen LogP contribution in [0.2, 0.25) is 0 Å². The van der Waals surface area contributed by atoms with Crippen LogP contribution in [-0.2, 0) is 27.2 Å². The van der Waals surface area contributed by atoms with Crippen molar-refractivity contribution >= 4 is 11.9 Å². The number of carbonyl (C=O) groups is 2. The molecule has 1 heterocycles. The molecule has 0 saturated heterocycles. The second-order valence-corrected chi connectivity index (χ2v) is 4.97. The summed E-state index contributed by atoms with van der Waals surface area (Å²) in [6, 6.07) is 9.59. The van der Waals surface area contributed by atoms with Crippen LogP contribution in [0.3, 0.4) is 0 Å². The lowest BCUT2D eigenvalue weighted by Gasteiger charge is -2.06. The molecule has 23 heavy (non-hydrogen) atoms. The molecule has 1 N–H and O–H groups in total. The Balaban J connectivity index is 1.57. The predicted octanol–water partition coefficient (Wildman–Crippen LogP) is 2.25. The Morgan fingerprint density at radius 3 is 2.61 bits per heavy atom. The van der Waals surface area contributed by atoms with Gasteiger partial charge in [-0.25, -0.2) is 4.39 Å². The van der Waals surface area contributed by atoms with Crippen molar-refractivity contribution in [1.82, 2.24) is 5.32 Å². The molecule has 2 rings (SSSR count). The molecule has 1 amide bonds. The molecule has 1 aromatic heterocycles. The quantitative estimate of drug-likeness (QED) is 0.758. The molecule has 0 aliphatic heterocycles. The topological polar surface area (TPSA) is 68.5 Å². The van der Waals surface area contributed by atoms with E-state index in [0.29, 0.717) is 25.1 Å². The number of amides is 1. The third kappa shape index (κ3) is 6.34. The van der Waals surface area contributed by atoms with Crippen LogP contribution in [0.15, 0.2) is 47.1 Å². The van der Waals surface area contributed by atoms with Crippen molar-refractivity contribution in [3.8, 4) is 0 Å². The number of halogens is 1. The molecule has 0 aliphatic carbocycles. The van der Waals surface area contributed by atoms with Crippen LogP contribution in [0, 0.1) is 5.82 Å². The lowest BCUT2D eigenvalue weighted by molar-refractivity contribution is -0.148. The number of aryl methyl sites for hydroxylation is 1. The minimum Gasteiger partial charge on any atom is -0.469 e. The molecule has 0 unspecified atom stereocenters. The fraction of sp³-hybridized carbons (Fsp3) is 0.294. The van der Waals surface area contributed by atoms with E-state index >= 15 is 0 Å². The van der Waals surface area contributed by atoms with Crippen molar-refractivity contribution in [1.29, 1.82) is 0 Å². The lowest BCUT2D eigenvalue weighted by Crippen LogP contribution is -2.30. The fourth-order valence-corrected chi connectivity index (χ4v) is 1.95. The van der Waals surface area contributed by atoms with Crippen molar-refractivity contribution in [2.24, 2.45) is 0 Å². The van der Waals surface area contributed by atoms with Gasteiger partial charge in [-0.1, -0.05) is 12.1 Å². The molecule has 122 valence electrons. The van der Waals surface area contributed by atoms with Crippen molar-refractivity contribution < 1.29 is 23.1 Å². The number of ether oxygens (including phenoxy) is 1. The lowest BCUT2D eigenvalue weighted by atomic mass is 10.1. The summed E-state index contributed by atoms with van der Waals surface area (Å²) in [5.74, 6) is -0.404. The monoisotopic (exact) mass is 319 g/mol. The molecule has 1 aromatic carbocycles. The number of nitrogens with one attached hydrogen (secondary N) is 1. The van der Waals surface area contributed by atoms with E-state index in [9.17, 15) is 14.0 Å². The van der Waals surface area contributed by atoms with Crippen LogP contribution in [0.4, 0.5) is 4.39 Å². The molecule has 0 atom stereocenters. The average Bonchev–Trinajstić information content (AvgIpc) is 3.06. The van der Waals surface area contributed by atoms with Crippen molar-refractivity contribution in [3.63, 3.8) is 0 Å². The van der Waals surface area contributed by atoms with Gasteiger partial charge in [0.2, 0.25) is 0 Å². The zero-order valence-electron chi connectivity index (χ0n) is 12.6. The molecule has 0 bridgehead atoms. The van der Waals surface area contributed by atoms with E-state index < -0.39 is 5.97 Å². The van der Waals surface area contributed by atoms with Crippen LogP contribution in [0.25, 0.3) is 0 Å². The highest BCUT2D eigenvalue weighted by Crippen LogP contribution is 2.04. The Morgan fingerprint density at radius 2 is 1.91 bits per heavy atom. The number of rotatable bonds is 8. The molecule has 0 spiro atoms. The zero-order chi connectivity index (χ0) is 16.5. The maximum Gasteiger partial charge on any atom is 0.306 e. The molecular weight excluding hydrogens is 301 g/mol. The van der Waals surface area contributed by atoms with Crippen molar-refractivity contribution in [2.45, 2.75) is 19.3 Å². The maximum absolute atomic E-state index is 12.7. The van der Waals surface area contributed by atoms with Gasteiger partial charge in [-0.15, -0.1) is 0 Å². The first-order valence-corrected chi connectivity index (χ1v) is 7.32. The SMILES string of the molecule is O=C(COC(=O)CCc1ccco1)NCCc1ccc(F)cc1. The van der Waals surface area contributed by atoms with E-state index in [0.717, 1.165) is 5.56 Å². The number of carbonyl (C=O) groups excluding carboxylic acids is 2. The molecule has 0 radical (unpaired) electrons. The fourth-order valence-electron chi connectivity index (χ4n) is 1.95. The summed E-state index contributed by atoms with van der Waals surface area (Å²) in [6.45, 7) is 0.0921. The van der Waals surface area contributed by atoms with E-state index in [1.165, 1.54) is 18.4 Å². The number of hydrogen-bond donors (Lipinski definition) is 1. The summed E-state index contributed by atoms with van der Waals surface area (Å²) in [6.07, 6.45) is 2.72. The zero-order valence-corrected chi connectivity index (χ0v) is 12.6. The molecule has 0 saturated carbocycles. The standard InChI is InChI=1S/C17H18FNO4/c18-14-5-3-13(4-6-14)9-10-19-16(20)12-23-17(21)8-7-15-2-1-11-22-15/h1-6,11H,7-10,12H2,(H,19,20). The summed E-state index contributed by atoms with van der Waals surface area (Å²) in [4.78, 5) is 23.0. The molecule has 0 fully saturated rings. The highest BCUT2D eigenvalue weighted by atomic mass is 19.1. The first kappa shape index (κ1) is 16.7. The average molecular weight is 319 g/mol. The molecule has 0 aliphatic rings. The largest absolute Gasteiger partial charge is 0.469 e. The number of furan rings is 1. The third-order valence-electron chi connectivity index (χ3n) is 3.17. The Morgan fingerprint density at radius 1 is 1.13 bits per heavy atom. The Kier molecular flexibility index (Phi) is 6.35. The second-order valence-electron chi connectivity index (χ2n) is 4.97. The normalized spacial score (nSPS) is 10.3. The van der Waals surface area contributed by atoms with E-state index in [4.69, 9.17) is 9.15 Å². The van der Waals surface area contributed by atoms with Gasteiger partial charge in [-0.05, 0) is 36.2 Å². The number of hydrogen-bond acceptors (Lipinski definition) is 4. The molecule has 5 nitrogen and oxygen atoms in total. The van der Waals surface area contributed by atoms with Gasteiger partial charge in [-0.2, -0.15) is 0 Å². The van der Waals surface area contributed by atoms with Crippen molar-refractivity contribution in [3.05, 3.63) is 59.8 Å². The highest BCUT2D eigenvalue weighted by Gasteiger charge is 2.08. The predicted molar refractivity (Wildman–Crippen MR) is 81.1 cm³/mol. The van der Waals surface area contributed by atoms with E-state index in [1.54, 1.807) is 24.3 Å². The van der Waals surface area contributed by atoms with Crippen molar-refractivity contribution in [2.75, 3.05) is 13.2 Å². The number of benzene rings is 1. The minimum atomic E-state index is -0.449. The van der Waals surface area contributed by atoms with E-state index in [-0.39, 0.29) is 24.8 Å². The Hall–Kier alpha value is -2.63. The maximum atomic E-state index is 12.7. The summed E-state index contributed by atoms with van der Waals surface area (Å²) in [5.41, 5.74) is 0.919. The molecule has 2 aromatic rings. The van der Waals surface area contributed by atoms with Gasteiger partial charge in [0.05, 0.1) is 12.7 Å². The highest BCUT2D eigenvalue weighted by molar-refractivity contribution is 5.80. The first-order valence-electron chi connectivity index (χ1n) is 7.32. The Labute approximate surface area is 133 Å². The molecule has 6 heteroatoms. The van der Waals surface area contributed by atoms with Gasteiger partial charge in [0.15, 0.2) is 6.61 Å². The summed E-state index contributed by atoms with van der Waals surface area (Å²) in [5, 5.41) is 2.64. The van der Waals surface area contributed by atoms with Crippen LogP contribution >= 0.6 is 0 Å². The molecular formula is C17H18FNO4. The second kappa shape index (κ2) is 8.73. The van der Waals surface area contributed by atoms with Gasteiger partial charge in [0.1, 0.15) is 11.6 Å². The Bertz CT molecular complexity index is 623. The van der Waals surface area contributed by atoms with Crippen LogP contribution in [0.5, 0.6) is 0 Å². The van der Waals surface area contributed by atoms with Crippen LogP contribution in [-0.4, -0.2) is 25.0 Å².